The molecule has 162 valence electrons. The van der Waals surface area contributed by atoms with E-state index in [9.17, 15) is 14.0 Å². The van der Waals surface area contributed by atoms with Crippen molar-refractivity contribution in [3.63, 3.8) is 0 Å². The average molecular weight is 421 g/mol. The van der Waals surface area contributed by atoms with Gasteiger partial charge in [0.15, 0.2) is 0 Å². The quantitative estimate of drug-likeness (QED) is 0.566. The second-order valence-electron chi connectivity index (χ2n) is 8.09. The zero-order valence-corrected chi connectivity index (χ0v) is 18.3. The van der Waals surface area contributed by atoms with Gasteiger partial charge in [-0.25, -0.2) is 4.39 Å². The summed E-state index contributed by atoms with van der Waals surface area (Å²) in [5, 5.41) is 5.09. The monoisotopic (exact) mass is 420 g/mol. The number of hydrogen-bond acceptors (Lipinski definition) is 2. The van der Waals surface area contributed by atoms with Crippen LogP contribution in [0.5, 0.6) is 0 Å². The fourth-order valence-electron chi connectivity index (χ4n) is 3.69. The van der Waals surface area contributed by atoms with Crippen molar-refractivity contribution in [2.45, 2.75) is 52.2 Å². The summed E-state index contributed by atoms with van der Waals surface area (Å²) in [5.41, 5.74) is 1.47. The standard InChI is InChI=1S/C26H29FN2O2/c1-18(2)28-26(31)19(3)29(17-22-10-5-7-14-24(22)27)25(30)16-15-21-12-8-11-20-9-4-6-13-23(20)21/h4-14,18-19H,15-17H2,1-3H3,(H,28,31)/t19-/m1/s1. The van der Waals surface area contributed by atoms with Gasteiger partial charge in [0.05, 0.1) is 0 Å². The molecule has 1 N–H and O–H groups in total. The largest absolute Gasteiger partial charge is 0.352 e. The SMILES string of the molecule is CC(C)NC(=O)[C@@H](C)N(Cc1ccccc1F)C(=O)CCc1cccc2ccccc12. The van der Waals surface area contributed by atoms with Gasteiger partial charge in [0.25, 0.3) is 0 Å². The maximum absolute atomic E-state index is 14.3. The van der Waals surface area contributed by atoms with Crippen molar-refractivity contribution in [1.82, 2.24) is 10.2 Å². The first kappa shape index (κ1) is 22.5. The van der Waals surface area contributed by atoms with Crippen LogP contribution >= 0.6 is 0 Å². The molecule has 0 spiro atoms. The number of rotatable bonds is 8. The maximum Gasteiger partial charge on any atom is 0.242 e. The molecule has 0 saturated heterocycles. The normalized spacial score (nSPS) is 12.0. The van der Waals surface area contributed by atoms with E-state index in [2.05, 4.69) is 5.32 Å². The Morgan fingerprint density at radius 2 is 1.55 bits per heavy atom. The number of nitrogens with one attached hydrogen (secondary N) is 1. The van der Waals surface area contributed by atoms with Gasteiger partial charge in [0, 0.05) is 24.6 Å². The summed E-state index contributed by atoms with van der Waals surface area (Å²) in [6.45, 7) is 5.48. The number of benzene rings is 3. The number of carbonyl (C=O) groups excluding carboxylic acids is 2. The van der Waals surface area contributed by atoms with Gasteiger partial charge in [-0.1, -0.05) is 60.7 Å². The van der Waals surface area contributed by atoms with Gasteiger partial charge in [-0.05, 0) is 49.6 Å². The number of carbonyl (C=O) groups is 2. The lowest BCUT2D eigenvalue weighted by Gasteiger charge is -2.29. The summed E-state index contributed by atoms with van der Waals surface area (Å²) in [4.78, 5) is 27.3. The van der Waals surface area contributed by atoms with E-state index in [0.717, 1.165) is 16.3 Å². The molecule has 0 unspecified atom stereocenters. The smallest absolute Gasteiger partial charge is 0.242 e. The van der Waals surface area contributed by atoms with Gasteiger partial charge in [-0.15, -0.1) is 0 Å². The molecule has 2 amide bonds. The van der Waals surface area contributed by atoms with Crippen molar-refractivity contribution >= 4 is 22.6 Å². The van der Waals surface area contributed by atoms with Crippen LogP contribution in [0.3, 0.4) is 0 Å². The van der Waals surface area contributed by atoms with E-state index in [4.69, 9.17) is 0 Å². The summed E-state index contributed by atoms with van der Waals surface area (Å²) in [6, 6.07) is 19.7. The molecule has 3 rings (SSSR count). The molecule has 1 atom stereocenters. The van der Waals surface area contributed by atoms with E-state index >= 15 is 0 Å². The molecule has 0 bridgehead atoms. The predicted octanol–water partition coefficient (Wildman–Crippen LogP) is 4.85. The Kier molecular flexibility index (Phi) is 7.40. The van der Waals surface area contributed by atoms with Crippen molar-refractivity contribution in [3.8, 4) is 0 Å². The van der Waals surface area contributed by atoms with Gasteiger partial charge in [0.2, 0.25) is 11.8 Å². The van der Waals surface area contributed by atoms with Crippen molar-refractivity contribution < 1.29 is 14.0 Å². The lowest BCUT2D eigenvalue weighted by molar-refractivity contribution is -0.140. The molecule has 0 fully saturated rings. The fourth-order valence-corrected chi connectivity index (χ4v) is 3.69. The highest BCUT2D eigenvalue weighted by molar-refractivity contribution is 5.89. The van der Waals surface area contributed by atoms with Gasteiger partial charge < -0.3 is 10.2 Å². The molecule has 0 aliphatic carbocycles. The predicted molar refractivity (Wildman–Crippen MR) is 122 cm³/mol. The summed E-state index contributed by atoms with van der Waals surface area (Å²) < 4.78 is 14.3. The van der Waals surface area contributed by atoms with E-state index in [1.165, 1.54) is 11.0 Å². The van der Waals surface area contributed by atoms with E-state index in [0.29, 0.717) is 12.0 Å². The first-order valence-electron chi connectivity index (χ1n) is 10.7. The first-order chi connectivity index (χ1) is 14.9. The molecule has 4 nitrogen and oxygen atoms in total. The number of amides is 2. The van der Waals surface area contributed by atoms with Crippen LogP contribution in [0.2, 0.25) is 0 Å². The number of halogens is 1. The number of nitrogens with zero attached hydrogens (tertiary/aromatic N) is 1. The minimum Gasteiger partial charge on any atom is -0.352 e. The van der Waals surface area contributed by atoms with Gasteiger partial charge in [-0.2, -0.15) is 0 Å². The van der Waals surface area contributed by atoms with Gasteiger partial charge in [-0.3, -0.25) is 9.59 Å². The molecular weight excluding hydrogens is 391 g/mol. The van der Waals surface area contributed by atoms with Crippen LogP contribution in [0, 0.1) is 5.82 Å². The first-order valence-corrected chi connectivity index (χ1v) is 10.7. The molecule has 0 aromatic heterocycles. The van der Waals surface area contributed by atoms with Crippen LogP contribution in [0.25, 0.3) is 10.8 Å². The topological polar surface area (TPSA) is 49.4 Å². The van der Waals surface area contributed by atoms with Crippen LogP contribution in [0.4, 0.5) is 4.39 Å². The molecule has 5 heteroatoms. The van der Waals surface area contributed by atoms with Gasteiger partial charge >= 0.3 is 0 Å². The lowest BCUT2D eigenvalue weighted by Crippen LogP contribution is -2.49. The van der Waals surface area contributed by atoms with E-state index in [1.807, 2.05) is 56.3 Å². The third kappa shape index (κ3) is 5.69. The third-order valence-electron chi connectivity index (χ3n) is 5.38. The Labute approximate surface area is 183 Å². The Morgan fingerprint density at radius 1 is 0.903 bits per heavy atom. The Balaban J connectivity index is 1.81. The van der Waals surface area contributed by atoms with Crippen molar-refractivity contribution in [2.75, 3.05) is 0 Å². The number of hydrogen-bond donors (Lipinski definition) is 1. The molecule has 3 aromatic rings. The second kappa shape index (κ2) is 10.2. The van der Waals surface area contributed by atoms with E-state index in [1.54, 1.807) is 25.1 Å². The molecule has 31 heavy (non-hydrogen) atoms. The summed E-state index contributed by atoms with van der Waals surface area (Å²) >= 11 is 0. The highest BCUT2D eigenvalue weighted by atomic mass is 19.1. The van der Waals surface area contributed by atoms with Crippen LogP contribution < -0.4 is 5.32 Å². The van der Waals surface area contributed by atoms with E-state index in [-0.39, 0.29) is 36.6 Å². The second-order valence-corrected chi connectivity index (χ2v) is 8.09. The Bertz CT molecular complexity index is 1060. The van der Waals surface area contributed by atoms with Crippen LogP contribution in [0.1, 0.15) is 38.3 Å². The highest BCUT2D eigenvalue weighted by Crippen LogP contribution is 2.21. The lowest BCUT2D eigenvalue weighted by atomic mass is 10.0. The highest BCUT2D eigenvalue weighted by Gasteiger charge is 2.27. The maximum atomic E-state index is 14.3. The van der Waals surface area contributed by atoms with Crippen LogP contribution in [-0.4, -0.2) is 28.8 Å². The zero-order valence-electron chi connectivity index (χ0n) is 18.3. The molecule has 0 aliphatic heterocycles. The molecule has 3 aromatic carbocycles. The molecular formula is C26H29FN2O2. The fraction of sp³-hybridized carbons (Fsp3) is 0.308. The summed E-state index contributed by atoms with van der Waals surface area (Å²) in [5.74, 6) is -0.807. The van der Waals surface area contributed by atoms with Gasteiger partial charge in [0.1, 0.15) is 11.9 Å². The number of aryl methyl sites for hydroxylation is 1. The molecule has 0 radical (unpaired) electrons. The van der Waals surface area contributed by atoms with Crippen molar-refractivity contribution in [1.29, 1.82) is 0 Å². The summed E-state index contributed by atoms with van der Waals surface area (Å²) in [7, 11) is 0. The van der Waals surface area contributed by atoms with Crippen LogP contribution in [-0.2, 0) is 22.6 Å². The average Bonchev–Trinajstić information content (AvgIpc) is 2.76. The Morgan fingerprint density at radius 3 is 2.29 bits per heavy atom. The van der Waals surface area contributed by atoms with Crippen molar-refractivity contribution in [2.24, 2.45) is 0 Å². The minimum absolute atomic E-state index is 0.0453. The minimum atomic E-state index is -0.706. The molecule has 0 saturated carbocycles. The van der Waals surface area contributed by atoms with E-state index < -0.39 is 6.04 Å². The third-order valence-corrected chi connectivity index (χ3v) is 5.38. The van der Waals surface area contributed by atoms with Crippen molar-refractivity contribution in [3.05, 3.63) is 83.7 Å². The summed E-state index contributed by atoms with van der Waals surface area (Å²) in [6.07, 6.45) is 0.786. The molecule has 0 heterocycles. The zero-order chi connectivity index (χ0) is 22.4. The number of fused-ring (bicyclic) bond motifs is 1. The Hall–Kier alpha value is -3.21. The van der Waals surface area contributed by atoms with Crippen LogP contribution in [0.15, 0.2) is 66.7 Å². The molecule has 0 aliphatic rings.